The van der Waals surface area contributed by atoms with Crippen molar-refractivity contribution in [1.29, 1.82) is 0 Å². The minimum atomic E-state index is 0.0362. The summed E-state index contributed by atoms with van der Waals surface area (Å²) < 4.78 is 0. The summed E-state index contributed by atoms with van der Waals surface area (Å²) in [5, 5.41) is 0. The first-order valence-corrected chi connectivity index (χ1v) is 12.8. The van der Waals surface area contributed by atoms with E-state index < -0.39 is 0 Å². The van der Waals surface area contributed by atoms with Gasteiger partial charge in [-0.2, -0.15) is 0 Å². The minimum absolute atomic E-state index is 0.0362. The van der Waals surface area contributed by atoms with Crippen molar-refractivity contribution in [2.24, 2.45) is 0 Å². The van der Waals surface area contributed by atoms with Crippen molar-refractivity contribution in [2.75, 3.05) is 11.5 Å². The predicted octanol–water partition coefficient (Wildman–Crippen LogP) is 7.45. The molecule has 0 saturated carbocycles. The molecule has 2 aromatic carbocycles. The number of nitrogens with two attached hydrogens (primary N) is 2. The highest BCUT2D eigenvalue weighted by atomic mass is 16.1. The van der Waals surface area contributed by atoms with Crippen LogP contribution in [0.3, 0.4) is 0 Å². The van der Waals surface area contributed by atoms with Gasteiger partial charge >= 0.3 is 0 Å². The van der Waals surface area contributed by atoms with Crippen molar-refractivity contribution in [3.63, 3.8) is 0 Å². The van der Waals surface area contributed by atoms with Crippen LogP contribution in [0.2, 0.25) is 0 Å². The zero-order chi connectivity index (χ0) is 23.5. The van der Waals surface area contributed by atoms with Crippen LogP contribution in [0.1, 0.15) is 117 Å². The van der Waals surface area contributed by atoms with Gasteiger partial charge < -0.3 is 11.5 Å². The van der Waals surface area contributed by atoms with Crippen LogP contribution in [0.15, 0.2) is 24.3 Å². The van der Waals surface area contributed by atoms with Gasteiger partial charge in [-0.15, -0.1) is 0 Å². The molecule has 3 heteroatoms. The fourth-order valence-electron chi connectivity index (χ4n) is 4.32. The lowest BCUT2D eigenvalue weighted by atomic mass is 9.89. The Kier molecular flexibility index (Phi) is 10.8. The van der Waals surface area contributed by atoms with Crippen LogP contribution >= 0.6 is 0 Å². The highest BCUT2D eigenvalue weighted by Gasteiger charge is 2.20. The smallest absolute Gasteiger partial charge is 0.195 e. The minimum Gasteiger partial charge on any atom is -0.398 e. The number of aryl methyl sites for hydroxylation is 3. The fraction of sp³-hybridized carbons (Fsp3) is 0.552. The Morgan fingerprint density at radius 2 is 1.16 bits per heavy atom. The predicted molar refractivity (Wildman–Crippen MR) is 140 cm³/mol. The van der Waals surface area contributed by atoms with E-state index in [1.54, 1.807) is 0 Å². The molecule has 2 rings (SSSR count). The van der Waals surface area contributed by atoms with Gasteiger partial charge in [0.25, 0.3) is 0 Å². The first-order valence-electron chi connectivity index (χ1n) is 12.8. The fourth-order valence-corrected chi connectivity index (χ4v) is 4.32. The topological polar surface area (TPSA) is 69.1 Å². The van der Waals surface area contributed by atoms with Crippen LogP contribution in [0.25, 0.3) is 0 Å². The SMILES string of the molecule is CCCCc1cc(CCCC)cc(C(=O)c2cc(CCCC)c(N)c(CCCC)c2N)c1. The van der Waals surface area contributed by atoms with Crippen LogP contribution in [-0.2, 0) is 25.7 Å². The lowest BCUT2D eigenvalue weighted by Crippen LogP contribution is -2.13. The summed E-state index contributed by atoms with van der Waals surface area (Å²) in [4.78, 5) is 13.8. The Balaban J connectivity index is 2.53. The van der Waals surface area contributed by atoms with E-state index in [0.717, 1.165) is 99.4 Å². The van der Waals surface area contributed by atoms with Gasteiger partial charge in [0.05, 0.1) is 0 Å². The summed E-state index contributed by atoms with van der Waals surface area (Å²) >= 11 is 0. The number of rotatable bonds is 14. The van der Waals surface area contributed by atoms with Gasteiger partial charge in [0, 0.05) is 22.5 Å². The number of ketones is 1. The Hall–Kier alpha value is -2.29. The van der Waals surface area contributed by atoms with E-state index in [9.17, 15) is 4.79 Å². The molecule has 0 heterocycles. The molecule has 0 aliphatic carbocycles. The maximum absolute atomic E-state index is 13.8. The number of carbonyl (C=O) groups is 1. The third-order valence-corrected chi connectivity index (χ3v) is 6.38. The number of hydrogen-bond acceptors (Lipinski definition) is 3. The van der Waals surface area contributed by atoms with Crippen LogP contribution in [-0.4, -0.2) is 5.78 Å². The maximum Gasteiger partial charge on any atom is 0.195 e. The summed E-state index contributed by atoms with van der Waals surface area (Å²) in [6.45, 7) is 8.76. The van der Waals surface area contributed by atoms with Gasteiger partial charge in [-0.3, -0.25) is 4.79 Å². The van der Waals surface area contributed by atoms with Crippen molar-refractivity contribution in [3.05, 3.63) is 57.6 Å². The Bertz CT molecular complexity index is 859. The van der Waals surface area contributed by atoms with Gasteiger partial charge in [-0.25, -0.2) is 0 Å². The molecular formula is C29H44N2O. The number of anilines is 2. The first kappa shape index (κ1) is 26.0. The molecule has 0 aliphatic heterocycles. The van der Waals surface area contributed by atoms with Crippen LogP contribution < -0.4 is 11.5 Å². The molecule has 0 bridgehead atoms. The average molecular weight is 437 g/mol. The van der Waals surface area contributed by atoms with E-state index >= 15 is 0 Å². The normalized spacial score (nSPS) is 11.1. The maximum atomic E-state index is 13.8. The molecule has 3 nitrogen and oxygen atoms in total. The standard InChI is InChI=1S/C29H44N2O/c1-5-9-13-21-17-22(14-10-6-2)19-24(18-21)29(32)26-20-23(15-11-7-3)27(30)25(28(26)31)16-12-8-4/h17-20H,5-16,30-31H2,1-4H3. The average Bonchev–Trinajstić information content (AvgIpc) is 2.80. The number of benzene rings is 2. The van der Waals surface area contributed by atoms with Gasteiger partial charge in [0.1, 0.15) is 0 Å². The second-order valence-electron chi connectivity index (χ2n) is 9.17. The largest absolute Gasteiger partial charge is 0.398 e. The molecule has 0 aromatic heterocycles. The summed E-state index contributed by atoms with van der Waals surface area (Å²) in [5.41, 5.74) is 20.5. The third-order valence-electron chi connectivity index (χ3n) is 6.38. The van der Waals surface area contributed by atoms with E-state index in [1.165, 1.54) is 11.1 Å². The molecule has 0 spiro atoms. The van der Waals surface area contributed by atoms with Crippen molar-refractivity contribution in [1.82, 2.24) is 0 Å². The van der Waals surface area contributed by atoms with E-state index in [1.807, 2.05) is 6.07 Å². The molecule has 0 amide bonds. The highest BCUT2D eigenvalue weighted by Crippen LogP contribution is 2.32. The molecule has 32 heavy (non-hydrogen) atoms. The molecule has 0 radical (unpaired) electrons. The van der Waals surface area contributed by atoms with Crippen LogP contribution in [0.5, 0.6) is 0 Å². The molecule has 0 fully saturated rings. The van der Waals surface area contributed by atoms with Gasteiger partial charge in [0.15, 0.2) is 5.78 Å². The van der Waals surface area contributed by atoms with Crippen molar-refractivity contribution in [2.45, 2.75) is 105 Å². The molecular weight excluding hydrogens is 392 g/mol. The summed E-state index contributed by atoms with van der Waals surface area (Å²) in [7, 11) is 0. The van der Waals surface area contributed by atoms with Gasteiger partial charge in [0.2, 0.25) is 0 Å². The second-order valence-corrected chi connectivity index (χ2v) is 9.17. The molecule has 0 saturated heterocycles. The first-order chi connectivity index (χ1) is 15.5. The molecule has 0 aliphatic rings. The quantitative estimate of drug-likeness (QED) is 0.239. The molecule has 0 unspecified atom stereocenters. The van der Waals surface area contributed by atoms with Crippen molar-refractivity contribution in [3.8, 4) is 0 Å². The number of nitrogen functional groups attached to an aromatic ring is 2. The monoisotopic (exact) mass is 436 g/mol. The highest BCUT2D eigenvalue weighted by molar-refractivity contribution is 6.13. The Labute approximate surface area is 196 Å². The Morgan fingerprint density at radius 1 is 0.656 bits per heavy atom. The lowest BCUT2D eigenvalue weighted by molar-refractivity contribution is 0.103. The molecule has 176 valence electrons. The van der Waals surface area contributed by atoms with Gasteiger partial charge in [-0.05, 0) is 91.8 Å². The van der Waals surface area contributed by atoms with E-state index in [0.29, 0.717) is 11.3 Å². The zero-order valence-electron chi connectivity index (χ0n) is 20.9. The molecule has 4 N–H and O–H groups in total. The number of unbranched alkanes of at least 4 members (excludes halogenated alkanes) is 4. The molecule has 0 atom stereocenters. The third kappa shape index (κ3) is 6.85. The van der Waals surface area contributed by atoms with E-state index in [-0.39, 0.29) is 5.78 Å². The molecule has 2 aromatic rings. The summed E-state index contributed by atoms with van der Waals surface area (Å²) in [6, 6.07) is 8.43. The lowest BCUT2D eigenvalue weighted by Gasteiger charge is -2.18. The van der Waals surface area contributed by atoms with E-state index in [2.05, 4.69) is 45.9 Å². The zero-order valence-corrected chi connectivity index (χ0v) is 20.9. The van der Waals surface area contributed by atoms with Crippen LogP contribution in [0.4, 0.5) is 11.4 Å². The van der Waals surface area contributed by atoms with Crippen molar-refractivity contribution < 1.29 is 4.79 Å². The Morgan fingerprint density at radius 3 is 1.69 bits per heavy atom. The summed E-state index contributed by atoms with van der Waals surface area (Å²) in [6.07, 6.45) is 12.6. The summed E-state index contributed by atoms with van der Waals surface area (Å²) in [5.74, 6) is 0.0362. The van der Waals surface area contributed by atoms with Crippen LogP contribution in [0, 0.1) is 0 Å². The second kappa shape index (κ2) is 13.3. The number of hydrogen-bond donors (Lipinski definition) is 2. The van der Waals surface area contributed by atoms with Crippen molar-refractivity contribution >= 4 is 17.2 Å². The van der Waals surface area contributed by atoms with E-state index in [4.69, 9.17) is 11.5 Å². The van der Waals surface area contributed by atoms with Gasteiger partial charge in [-0.1, -0.05) is 59.4 Å². The number of carbonyl (C=O) groups excluding carboxylic acids is 1.